The van der Waals surface area contributed by atoms with Crippen LogP contribution in [0.1, 0.15) is 0 Å². The highest BCUT2D eigenvalue weighted by Crippen LogP contribution is 2.34. The summed E-state index contributed by atoms with van der Waals surface area (Å²) in [6, 6.07) is 15.3. The fourth-order valence-corrected chi connectivity index (χ4v) is 3.08. The van der Waals surface area contributed by atoms with Crippen molar-refractivity contribution in [3.05, 3.63) is 77.3 Å². The van der Waals surface area contributed by atoms with E-state index in [1.54, 1.807) is 18.3 Å². The number of aromatic nitrogens is 4. The van der Waals surface area contributed by atoms with Gasteiger partial charge in [-0.1, -0.05) is 30.3 Å². The van der Waals surface area contributed by atoms with Crippen molar-refractivity contribution < 1.29 is 9.50 Å². The molecule has 0 spiro atoms. The van der Waals surface area contributed by atoms with Gasteiger partial charge in [0.05, 0.1) is 16.2 Å². The van der Waals surface area contributed by atoms with Crippen LogP contribution in [0.4, 0.5) is 4.39 Å². The zero-order valence-electron chi connectivity index (χ0n) is 13.8. The van der Waals surface area contributed by atoms with Crippen LogP contribution < -0.4 is 0 Å². The third kappa shape index (κ3) is 3.54. The number of benzene rings is 2. The number of hydrogen-bond donors (Lipinski definition) is 1. The van der Waals surface area contributed by atoms with Gasteiger partial charge >= 0.3 is 0 Å². The van der Waals surface area contributed by atoms with Crippen LogP contribution in [0.2, 0.25) is 0 Å². The number of aromatic hydroxyl groups is 1. The smallest absolute Gasteiger partial charge is 0.169 e. The molecule has 2 aromatic carbocycles. The normalized spacial score (nSPS) is 10.7. The average molecular weight is 423 g/mol. The fraction of sp³-hybridized carbons (Fsp3) is 0. The fourth-order valence-electron chi connectivity index (χ4n) is 2.58. The standard InChI is InChI=1S/C20H12BrFN4O/c21-15-10-23-11-16(27)17(15)20-25-18(12-4-2-1-3-5-12)24-19(26-20)13-6-8-14(22)9-7-13/h1-11,27H. The summed E-state index contributed by atoms with van der Waals surface area (Å²) in [7, 11) is 0. The van der Waals surface area contributed by atoms with E-state index in [4.69, 9.17) is 0 Å². The Bertz CT molecular complexity index is 1080. The van der Waals surface area contributed by atoms with Gasteiger partial charge in [0.25, 0.3) is 0 Å². The third-order valence-corrected chi connectivity index (χ3v) is 4.47. The lowest BCUT2D eigenvalue weighted by Crippen LogP contribution is -2.01. The molecule has 5 nitrogen and oxygen atoms in total. The maximum atomic E-state index is 13.3. The number of halogens is 2. The number of pyridine rings is 1. The van der Waals surface area contributed by atoms with Crippen molar-refractivity contribution in [2.45, 2.75) is 0 Å². The minimum Gasteiger partial charge on any atom is -0.506 e. The number of hydrogen-bond acceptors (Lipinski definition) is 5. The molecule has 132 valence electrons. The molecule has 1 N–H and O–H groups in total. The highest BCUT2D eigenvalue weighted by Gasteiger charge is 2.17. The summed E-state index contributed by atoms with van der Waals surface area (Å²) in [5, 5.41) is 10.3. The summed E-state index contributed by atoms with van der Waals surface area (Å²) < 4.78 is 13.9. The average Bonchev–Trinajstić information content (AvgIpc) is 2.69. The van der Waals surface area contributed by atoms with Gasteiger partial charge in [-0.25, -0.2) is 19.3 Å². The van der Waals surface area contributed by atoms with Crippen molar-refractivity contribution in [3.63, 3.8) is 0 Å². The Balaban J connectivity index is 1.96. The zero-order valence-corrected chi connectivity index (χ0v) is 15.4. The topological polar surface area (TPSA) is 71.8 Å². The molecule has 4 aromatic rings. The molecule has 0 amide bonds. The van der Waals surface area contributed by atoms with Crippen molar-refractivity contribution >= 4 is 15.9 Å². The Hall–Kier alpha value is -3.19. The molecule has 0 radical (unpaired) electrons. The molecule has 0 unspecified atom stereocenters. The van der Waals surface area contributed by atoms with Crippen molar-refractivity contribution in [1.29, 1.82) is 0 Å². The molecule has 7 heteroatoms. The predicted octanol–water partition coefficient (Wildman–Crippen LogP) is 4.87. The Morgan fingerprint density at radius 1 is 0.741 bits per heavy atom. The molecule has 2 aromatic heterocycles. The highest BCUT2D eigenvalue weighted by atomic mass is 79.9. The first kappa shape index (κ1) is 17.2. The van der Waals surface area contributed by atoms with Crippen LogP contribution in [0, 0.1) is 5.82 Å². The van der Waals surface area contributed by atoms with E-state index in [1.807, 2.05) is 30.3 Å². The quantitative estimate of drug-likeness (QED) is 0.509. The Labute approximate surface area is 162 Å². The minimum absolute atomic E-state index is 0.0559. The van der Waals surface area contributed by atoms with Gasteiger partial charge in [0.15, 0.2) is 17.5 Å². The summed E-state index contributed by atoms with van der Waals surface area (Å²) in [5.74, 6) is 0.713. The van der Waals surface area contributed by atoms with Crippen molar-refractivity contribution in [2.24, 2.45) is 0 Å². The van der Waals surface area contributed by atoms with Gasteiger partial charge in [0, 0.05) is 17.3 Å². The molecule has 0 saturated heterocycles. The number of nitrogens with zero attached hydrogens (tertiary/aromatic N) is 4. The molecule has 0 aliphatic carbocycles. The van der Waals surface area contributed by atoms with E-state index >= 15 is 0 Å². The van der Waals surface area contributed by atoms with Gasteiger partial charge in [-0.15, -0.1) is 0 Å². The van der Waals surface area contributed by atoms with Crippen LogP contribution in [0.15, 0.2) is 71.5 Å². The monoisotopic (exact) mass is 422 g/mol. The van der Waals surface area contributed by atoms with E-state index in [1.165, 1.54) is 18.3 Å². The minimum atomic E-state index is -0.342. The molecular weight excluding hydrogens is 411 g/mol. The van der Waals surface area contributed by atoms with E-state index in [2.05, 4.69) is 35.9 Å². The first-order valence-electron chi connectivity index (χ1n) is 8.02. The summed E-state index contributed by atoms with van der Waals surface area (Å²) in [5.41, 5.74) is 1.85. The molecule has 0 atom stereocenters. The molecule has 2 heterocycles. The number of rotatable bonds is 3. The summed E-state index contributed by atoms with van der Waals surface area (Å²) in [6.45, 7) is 0. The summed E-state index contributed by atoms with van der Waals surface area (Å²) in [6.07, 6.45) is 2.88. The van der Waals surface area contributed by atoms with Crippen LogP contribution in [0.25, 0.3) is 34.2 Å². The maximum Gasteiger partial charge on any atom is 0.169 e. The Kier molecular flexibility index (Phi) is 4.60. The van der Waals surface area contributed by atoms with Crippen molar-refractivity contribution in [3.8, 4) is 39.9 Å². The first-order valence-corrected chi connectivity index (χ1v) is 8.81. The molecule has 0 fully saturated rings. The van der Waals surface area contributed by atoms with Gasteiger partial charge in [-0.3, -0.25) is 4.98 Å². The predicted molar refractivity (Wildman–Crippen MR) is 103 cm³/mol. The molecular formula is C20H12BrFN4O. The van der Waals surface area contributed by atoms with Crippen molar-refractivity contribution in [2.75, 3.05) is 0 Å². The van der Waals surface area contributed by atoms with Crippen LogP contribution in [-0.2, 0) is 0 Å². The van der Waals surface area contributed by atoms with Gasteiger partial charge in [-0.05, 0) is 40.2 Å². The molecule has 27 heavy (non-hydrogen) atoms. The zero-order chi connectivity index (χ0) is 18.8. The second kappa shape index (κ2) is 7.20. The molecule has 0 aliphatic rings. The Morgan fingerprint density at radius 2 is 1.33 bits per heavy atom. The van der Waals surface area contributed by atoms with Crippen LogP contribution >= 0.6 is 15.9 Å². The van der Waals surface area contributed by atoms with Gasteiger partial charge in [0.1, 0.15) is 11.6 Å². The lowest BCUT2D eigenvalue weighted by atomic mass is 10.1. The molecule has 0 saturated carbocycles. The largest absolute Gasteiger partial charge is 0.506 e. The molecule has 0 bridgehead atoms. The van der Waals surface area contributed by atoms with E-state index < -0.39 is 0 Å². The maximum absolute atomic E-state index is 13.3. The SMILES string of the molecule is Oc1cncc(Br)c1-c1nc(-c2ccccc2)nc(-c2ccc(F)cc2)n1. The molecule has 4 rings (SSSR count). The van der Waals surface area contributed by atoms with Crippen LogP contribution in [0.3, 0.4) is 0 Å². The summed E-state index contributed by atoms with van der Waals surface area (Å²) in [4.78, 5) is 17.5. The first-order chi connectivity index (χ1) is 13.1. The lowest BCUT2D eigenvalue weighted by Gasteiger charge is -2.10. The van der Waals surface area contributed by atoms with Crippen LogP contribution in [-0.4, -0.2) is 25.0 Å². The lowest BCUT2D eigenvalue weighted by molar-refractivity contribution is 0.474. The van der Waals surface area contributed by atoms with Crippen molar-refractivity contribution in [1.82, 2.24) is 19.9 Å². The third-order valence-electron chi connectivity index (χ3n) is 3.87. The Morgan fingerprint density at radius 3 is 1.96 bits per heavy atom. The van der Waals surface area contributed by atoms with E-state index in [9.17, 15) is 9.50 Å². The highest BCUT2D eigenvalue weighted by molar-refractivity contribution is 9.10. The van der Waals surface area contributed by atoms with Gasteiger partial charge < -0.3 is 5.11 Å². The van der Waals surface area contributed by atoms with Gasteiger partial charge in [0.2, 0.25) is 0 Å². The second-order valence-electron chi connectivity index (χ2n) is 5.69. The molecule has 0 aliphatic heterocycles. The van der Waals surface area contributed by atoms with E-state index in [0.29, 0.717) is 27.2 Å². The van der Waals surface area contributed by atoms with E-state index in [0.717, 1.165) is 5.56 Å². The van der Waals surface area contributed by atoms with E-state index in [-0.39, 0.29) is 17.4 Å². The second-order valence-corrected chi connectivity index (χ2v) is 6.55. The summed E-state index contributed by atoms with van der Waals surface area (Å²) >= 11 is 3.38. The van der Waals surface area contributed by atoms with Gasteiger partial charge in [-0.2, -0.15) is 0 Å². The van der Waals surface area contributed by atoms with Crippen LogP contribution in [0.5, 0.6) is 5.75 Å².